The van der Waals surface area contributed by atoms with Crippen LogP contribution in [-0.2, 0) is 9.53 Å². The molecule has 3 atom stereocenters. The molecule has 0 spiro atoms. The van der Waals surface area contributed by atoms with Gasteiger partial charge in [-0.25, -0.2) is 4.99 Å². The number of hydrogen-bond donors (Lipinski definition) is 1. The Bertz CT molecular complexity index is 1260. The average molecular weight is 395 g/mol. The van der Waals surface area contributed by atoms with Gasteiger partial charge < -0.3 is 14.5 Å². The monoisotopic (exact) mass is 395 g/mol. The van der Waals surface area contributed by atoms with Crippen LogP contribution in [-0.4, -0.2) is 28.4 Å². The number of benzene rings is 1. The first-order valence-corrected chi connectivity index (χ1v) is 9.65. The Balaban J connectivity index is 1.83. The Morgan fingerprint density at radius 2 is 2.18 bits per heavy atom. The van der Waals surface area contributed by atoms with Crippen molar-refractivity contribution in [2.75, 3.05) is 7.11 Å². The Morgan fingerprint density at radius 1 is 1.36 bits per heavy atom. The minimum atomic E-state index is -1.15. The van der Waals surface area contributed by atoms with Crippen molar-refractivity contribution < 1.29 is 14.3 Å². The zero-order valence-electron chi connectivity index (χ0n) is 15.2. The first-order valence-electron chi connectivity index (χ1n) is 8.84. The fourth-order valence-corrected chi connectivity index (χ4v) is 5.10. The molecule has 28 heavy (non-hydrogen) atoms. The SMILES string of the molecule is COC(=O)[C@@H]1[C@H]2c3ccccc3O[C@]1(C)N=c1s/c(=C\c3ccc[nH]3)c(=O)n12. The number of esters is 1. The number of aromatic amines is 1. The predicted octanol–water partition coefficient (Wildman–Crippen LogP) is 1.19. The summed E-state index contributed by atoms with van der Waals surface area (Å²) in [6.07, 6.45) is 3.59. The van der Waals surface area contributed by atoms with Crippen LogP contribution >= 0.6 is 11.3 Å². The Kier molecular flexibility index (Phi) is 3.60. The van der Waals surface area contributed by atoms with Crippen molar-refractivity contribution in [2.45, 2.75) is 18.7 Å². The molecule has 0 radical (unpaired) electrons. The smallest absolute Gasteiger partial charge is 0.317 e. The van der Waals surface area contributed by atoms with Gasteiger partial charge in [0.1, 0.15) is 11.7 Å². The van der Waals surface area contributed by atoms with Gasteiger partial charge in [0.05, 0.1) is 17.7 Å². The third kappa shape index (κ3) is 2.31. The van der Waals surface area contributed by atoms with Crippen molar-refractivity contribution in [2.24, 2.45) is 10.9 Å². The molecule has 0 saturated heterocycles. The zero-order chi connectivity index (χ0) is 19.5. The molecule has 142 valence electrons. The molecule has 0 unspecified atom stereocenters. The second-order valence-electron chi connectivity index (χ2n) is 6.95. The summed E-state index contributed by atoms with van der Waals surface area (Å²) < 4.78 is 13.3. The quantitative estimate of drug-likeness (QED) is 0.661. The van der Waals surface area contributed by atoms with Gasteiger partial charge in [-0.05, 0) is 31.2 Å². The molecule has 1 N–H and O–H groups in total. The van der Waals surface area contributed by atoms with Crippen molar-refractivity contribution in [1.29, 1.82) is 0 Å². The number of ether oxygens (including phenoxy) is 2. The van der Waals surface area contributed by atoms with E-state index in [9.17, 15) is 9.59 Å². The zero-order valence-corrected chi connectivity index (χ0v) is 16.0. The van der Waals surface area contributed by atoms with E-state index in [4.69, 9.17) is 9.47 Å². The first kappa shape index (κ1) is 17.0. The van der Waals surface area contributed by atoms with Crippen molar-refractivity contribution in [3.63, 3.8) is 0 Å². The summed E-state index contributed by atoms with van der Waals surface area (Å²) in [4.78, 5) is 34.3. The lowest BCUT2D eigenvalue weighted by Crippen LogP contribution is -2.58. The Labute approximate surface area is 163 Å². The molecule has 8 heteroatoms. The van der Waals surface area contributed by atoms with Crippen LogP contribution in [0.1, 0.15) is 24.2 Å². The van der Waals surface area contributed by atoms with E-state index in [-0.39, 0.29) is 5.56 Å². The fourth-order valence-electron chi connectivity index (χ4n) is 4.01. The van der Waals surface area contributed by atoms with Crippen LogP contribution in [0, 0.1) is 5.92 Å². The molecule has 2 aromatic heterocycles. The number of carbonyl (C=O) groups excluding carboxylic acids is 1. The molecule has 7 nitrogen and oxygen atoms in total. The first-order chi connectivity index (χ1) is 13.5. The number of para-hydroxylation sites is 1. The summed E-state index contributed by atoms with van der Waals surface area (Å²) in [7, 11) is 1.34. The summed E-state index contributed by atoms with van der Waals surface area (Å²) in [5.41, 5.74) is 0.271. The number of carbonyl (C=O) groups is 1. The molecule has 0 aliphatic carbocycles. The summed E-state index contributed by atoms with van der Waals surface area (Å²) >= 11 is 1.29. The van der Waals surface area contributed by atoms with Crippen LogP contribution in [0.25, 0.3) is 6.08 Å². The van der Waals surface area contributed by atoms with E-state index in [1.54, 1.807) is 23.8 Å². The van der Waals surface area contributed by atoms with E-state index in [2.05, 4.69) is 9.98 Å². The number of hydrogen-bond acceptors (Lipinski definition) is 6. The molecular weight excluding hydrogens is 378 g/mol. The van der Waals surface area contributed by atoms with Crippen LogP contribution in [0.5, 0.6) is 5.75 Å². The van der Waals surface area contributed by atoms with Gasteiger partial charge >= 0.3 is 5.97 Å². The largest absolute Gasteiger partial charge is 0.469 e. The van der Waals surface area contributed by atoms with Gasteiger partial charge in [-0.1, -0.05) is 29.5 Å². The number of rotatable bonds is 2. The van der Waals surface area contributed by atoms with Gasteiger partial charge in [-0.15, -0.1) is 0 Å². The Morgan fingerprint density at radius 3 is 2.93 bits per heavy atom. The third-order valence-corrected chi connectivity index (χ3v) is 6.23. The molecule has 2 aliphatic rings. The topological polar surface area (TPSA) is 85.7 Å². The van der Waals surface area contributed by atoms with E-state index < -0.39 is 23.7 Å². The highest BCUT2D eigenvalue weighted by Crippen LogP contribution is 2.47. The average Bonchev–Trinajstić information content (AvgIpc) is 3.28. The number of fused-ring (bicyclic) bond motifs is 6. The Hall–Kier alpha value is -3.13. The van der Waals surface area contributed by atoms with E-state index in [1.807, 2.05) is 36.4 Å². The number of H-pyrrole nitrogens is 1. The molecule has 2 bridgehead atoms. The maximum Gasteiger partial charge on any atom is 0.317 e. The minimum Gasteiger partial charge on any atom is -0.469 e. The maximum absolute atomic E-state index is 13.3. The molecular formula is C20H17N3O4S. The molecule has 0 fully saturated rings. The van der Waals surface area contributed by atoms with Crippen LogP contribution < -0.4 is 19.6 Å². The number of methoxy groups -OCH3 is 1. The van der Waals surface area contributed by atoms with E-state index in [0.29, 0.717) is 15.1 Å². The van der Waals surface area contributed by atoms with E-state index in [0.717, 1.165) is 11.3 Å². The number of aromatic nitrogens is 2. The van der Waals surface area contributed by atoms with Crippen molar-refractivity contribution in [3.8, 4) is 5.75 Å². The molecule has 0 saturated carbocycles. The van der Waals surface area contributed by atoms with Crippen molar-refractivity contribution >= 4 is 23.4 Å². The van der Waals surface area contributed by atoms with Crippen molar-refractivity contribution in [1.82, 2.24) is 9.55 Å². The van der Waals surface area contributed by atoms with E-state index >= 15 is 0 Å². The van der Waals surface area contributed by atoms with Gasteiger partial charge in [0.2, 0.25) is 5.72 Å². The second-order valence-corrected chi connectivity index (χ2v) is 7.95. The van der Waals surface area contributed by atoms with Gasteiger partial charge in [-0.2, -0.15) is 0 Å². The van der Waals surface area contributed by atoms with E-state index in [1.165, 1.54) is 18.4 Å². The highest BCUT2D eigenvalue weighted by atomic mass is 32.1. The molecule has 5 rings (SSSR count). The summed E-state index contributed by atoms with van der Waals surface area (Å²) in [6.45, 7) is 1.76. The second kappa shape index (κ2) is 5.93. The number of nitrogens with zero attached hydrogens (tertiary/aromatic N) is 2. The highest BCUT2D eigenvalue weighted by Gasteiger charge is 2.55. The summed E-state index contributed by atoms with van der Waals surface area (Å²) in [6, 6.07) is 10.7. The minimum absolute atomic E-state index is 0.184. The van der Waals surface area contributed by atoms with Crippen molar-refractivity contribution in [3.05, 3.63) is 73.5 Å². The normalized spacial score (nSPS) is 25.3. The lowest BCUT2D eigenvalue weighted by Gasteiger charge is -2.44. The van der Waals surface area contributed by atoms with Crippen LogP contribution in [0.3, 0.4) is 0 Å². The molecule has 3 aromatic rings. The lowest BCUT2D eigenvalue weighted by molar-refractivity contribution is -0.158. The number of thiazole rings is 1. The lowest BCUT2D eigenvalue weighted by atomic mass is 9.81. The third-order valence-electron chi connectivity index (χ3n) is 5.24. The van der Waals surface area contributed by atoms with Crippen LogP contribution in [0.15, 0.2) is 52.4 Å². The fraction of sp³-hybridized carbons (Fsp3) is 0.250. The summed E-state index contributed by atoms with van der Waals surface area (Å²) in [5, 5.41) is 0. The maximum atomic E-state index is 13.3. The standard InChI is InChI=1S/C20H17N3O4S/c1-20-15(18(25)26-2)16(12-7-3-4-8-13(12)27-20)23-17(24)14(28-19(23)22-20)10-11-6-5-9-21-11/h3-10,15-16,21H,1-2H3/b14-10-/t15-,16+,20-/m0/s1. The molecule has 1 aromatic carbocycles. The van der Waals surface area contributed by atoms with Gasteiger partial charge in [-0.3, -0.25) is 14.2 Å². The molecule has 0 amide bonds. The van der Waals surface area contributed by atoms with Crippen LogP contribution in [0.4, 0.5) is 0 Å². The molecule has 2 aliphatic heterocycles. The highest BCUT2D eigenvalue weighted by molar-refractivity contribution is 7.07. The molecule has 4 heterocycles. The number of nitrogens with one attached hydrogen (secondary N) is 1. The van der Waals surface area contributed by atoms with Gasteiger partial charge in [0.25, 0.3) is 5.56 Å². The van der Waals surface area contributed by atoms with Gasteiger partial charge in [0, 0.05) is 17.5 Å². The van der Waals surface area contributed by atoms with Crippen LogP contribution in [0.2, 0.25) is 0 Å². The van der Waals surface area contributed by atoms with Gasteiger partial charge in [0.15, 0.2) is 4.80 Å². The summed E-state index contributed by atoms with van der Waals surface area (Å²) in [5.74, 6) is -0.590. The predicted molar refractivity (Wildman–Crippen MR) is 103 cm³/mol.